The number of pyridine rings is 1. The van der Waals surface area contributed by atoms with Crippen LogP contribution in [0.2, 0.25) is 0 Å². The van der Waals surface area contributed by atoms with Crippen molar-refractivity contribution in [1.29, 1.82) is 0 Å². The summed E-state index contributed by atoms with van der Waals surface area (Å²) in [5.74, 6) is -0.108. The van der Waals surface area contributed by atoms with Crippen molar-refractivity contribution >= 4 is 11.6 Å². The quantitative estimate of drug-likeness (QED) is 0.664. The van der Waals surface area contributed by atoms with E-state index in [4.69, 9.17) is 0 Å². The molecule has 3 nitrogen and oxygen atoms in total. The lowest BCUT2D eigenvalue weighted by Gasteiger charge is -2.16. The van der Waals surface area contributed by atoms with E-state index >= 15 is 0 Å². The van der Waals surface area contributed by atoms with Crippen LogP contribution in [0, 0.1) is 13.8 Å². The monoisotopic (exact) mass is 344 g/mol. The number of hydrogen-bond donors (Lipinski definition) is 1. The minimum absolute atomic E-state index is 0.0330. The van der Waals surface area contributed by atoms with Crippen molar-refractivity contribution in [3.05, 3.63) is 83.7 Å². The molecule has 0 saturated heterocycles. The van der Waals surface area contributed by atoms with Gasteiger partial charge in [-0.05, 0) is 61.2 Å². The van der Waals surface area contributed by atoms with Gasteiger partial charge in [0.15, 0.2) is 0 Å². The number of rotatable bonds is 5. The Balaban J connectivity index is 1.74. The predicted molar refractivity (Wildman–Crippen MR) is 107 cm³/mol. The van der Waals surface area contributed by atoms with Crippen LogP contribution < -0.4 is 5.32 Å². The Labute approximate surface area is 155 Å². The summed E-state index contributed by atoms with van der Waals surface area (Å²) in [4.78, 5) is 17.0. The van der Waals surface area contributed by atoms with Crippen LogP contribution in [0.4, 0.5) is 5.69 Å². The van der Waals surface area contributed by atoms with E-state index in [-0.39, 0.29) is 11.8 Å². The fraction of sp³-hybridized carbons (Fsp3) is 0.217. The van der Waals surface area contributed by atoms with Gasteiger partial charge in [-0.25, -0.2) is 0 Å². The van der Waals surface area contributed by atoms with Gasteiger partial charge in [0.05, 0.1) is 5.92 Å². The van der Waals surface area contributed by atoms with E-state index in [0.29, 0.717) is 0 Å². The molecule has 0 aliphatic rings. The van der Waals surface area contributed by atoms with Gasteiger partial charge in [-0.3, -0.25) is 9.78 Å². The second-order valence-corrected chi connectivity index (χ2v) is 6.63. The highest BCUT2D eigenvalue weighted by atomic mass is 16.1. The number of benzene rings is 2. The highest BCUT2D eigenvalue weighted by Gasteiger charge is 2.18. The third kappa shape index (κ3) is 4.17. The molecule has 3 heteroatoms. The third-order valence-electron chi connectivity index (χ3n) is 4.55. The van der Waals surface area contributed by atoms with E-state index in [1.54, 1.807) is 0 Å². The minimum Gasteiger partial charge on any atom is -0.326 e. The molecule has 1 unspecified atom stereocenters. The van der Waals surface area contributed by atoms with Crippen LogP contribution in [-0.2, 0) is 4.79 Å². The van der Waals surface area contributed by atoms with Crippen molar-refractivity contribution in [2.75, 3.05) is 5.32 Å². The number of amides is 1. The minimum atomic E-state index is -0.141. The average Bonchev–Trinajstić information content (AvgIpc) is 2.63. The Bertz CT molecular complexity index is 900. The molecular formula is C23H24N2O. The lowest BCUT2D eigenvalue weighted by molar-refractivity contribution is -0.117. The molecular weight excluding hydrogens is 320 g/mol. The maximum absolute atomic E-state index is 12.7. The van der Waals surface area contributed by atoms with Crippen molar-refractivity contribution in [2.24, 2.45) is 0 Å². The lowest BCUT2D eigenvalue weighted by atomic mass is 9.94. The number of nitrogens with zero attached hydrogens (tertiary/aromatic N) is 1. The van der Waals surface area contributed by atoms with Crippen LogP contribution in [-0.4, -0.2) is 10.9 Å². The zero-order valence-corrected chi connectivity index (χ0v) is 15.5. The van der Waals surface area contributed by atoms with Gasteiger partial charge in [-0.1, -0.05) is 48.9 Å². The van der Waals surface area contributed by atoms with E-state index in [9.17, 15) is 4.79 Å². The summed E-state index contributed by atoms with van der Waals surface area (Å²) in [6.45, 7) is 6.07. The molecule has 3 aromatic rings. The zero-order valence-electron chi connectivity index (χ0n) is 15.5. The van der Waals surface area contributed by atoms with Gasteiger partial charge in [-0.2, -0.15) is 0 Å². The Morgan fingerprint density at radius 3 is 2.42 bits per heavy atom. The first kappa shape index (κ1) is 17.9. The molecule has 1 atom stereocenters. The van der Waals surface area contributed by atoms with Crippen molar-refractivity contribution in [3.63, 3.8) is 0 Å². The first-order chi connectivity index (χ1) is 12.6. The summed E-state index contributed by atoms with van der Waals surface area (Å²) in [5.41, 5.74) is 6.28. The van der Waals surface area contributed by atoms with Gasteiger partial charge in [0.1, 0.15) is 0 Å². The molecule has 0 fully saturated rings. The highest BCUT2D eigenvalue weighted by molar-refractivity contribution is 5.96. The molecule has 0 aliphatic heterocycles. The summed E-state index contributed by atoms with van der Waals surface area (Å²) in [7, 11) is 0. The van der Waals surface area contributed by atoms with E-state index in [2.05, 4.69) is 22.4 Å². The molecule has 26 heavy (non-hydrogen) atoms. The maximum atomic E-state index is 12.7. The number of carbonyl (C=O) groups excluding carboxylic acids is 1. The second-order valence-electron chi connectivity index (χ2n) is 6.63. The molecule has 1 aromatic heterocycles. The summed E-state index contributed by atoms with van der Waals surface area (Å²) in [5, 5.41) is 3.05. The van der Waals surface area contributed by atoms with Gasteiger partial charge >= 0.3 is 0 Å². The van der Waals surface area contributed by atoms with Gasteiger partial charge in [-0.15, -0.1) is 0 Å². The van der Waals surface area contributed by atoms with Gasteiger partial charge in [0.25, 0.3) is 0 Å². The number of hydrogen-bond acceptors (Lipinski definition) is 2. The topological polar surface area (TPSA) is 42.0 Å². The molecule has 0 aliphatic carbocycles. The van der Waals surface area contributed by atoms with Crippen LogP contribution in [0.5, 0.6) is 0 Å². The Kier molecular flexibility index (Phi) is 5.47. The smallest absolute Gasteiger partial charge is 0.231 e. The Morgan fingerprint density at radius 2 is 1.77 bits per heavy atom. The molecule has 3 rings (SSSR count). The second kappa shape index (κ2) is 7.96. The number of aryl methyl sites for hydroxylation is 2. The standard InChI is InChI=1S/C23H24N2O/c1-4-22(20-7-5-6-16(2)14-20)23(26)25-21-10-8-18(9-11-21)19-12-13-24-17(3)15-19/h5-15,22H,4H2,1-3H3,(H,25,26). The van der Waals surface area contributed by atoms with Crippen LogP contribution >= 0.6 is 0 Å². The first-order valence-electron chi connectivity index (χ1n) is 8.97. The van der Waals surface area contributed by atoms with Gasteiger partial charge in [0.2, 0.25) is 5.91 Å². The van der Waals surface area contributed by atoms with E-state index in [0.717, 1.165) is 34.5 Å². The number of aromatic nitrogens is 1. The first-order valence-corrected chi connectivity index (χ1v) is 8.97. The summed E-state index contributed by atoms with van der Waals surface area (Å²) < 4.78 is 0. The largest absolute Gasteiger partial charge is 0.326 e. The SMILES string of the molecule is CCC(C(=O)Nc1ccc(-c2ccnc(C)c2)cc1)c1cccc(C)c1. The van der Waals surface area contributed by atoms with Crippen LogP contribution in [0.3, 0.4) is 0 Å². The summed E-state index contributed by atoms with van der Waals surface area (Å²) >= 11 is 0. The van der Waals surface area contributed by atoms with Crippen molar-refractivity contribution in [1.82, 2.24) is 4.98 Å². The molecule has 1 heterocycles. The van der Waals surface area contributed by atoms with Crippen molar-refractivity contribution in [2.45, 2.75) is 33.1 Å². The third-order valence-corrected chi connectivity index (χ3v) is 4.55. The van der Waals surface area contributed by atoms with Crippen LogP contribution in [0.25, 0.3) is 11.1 Å². The Hall–Kier alpha value is -2.94. The number of nitrogens with one attached hydrogen (secondary N) is 1. The van der Waals surface area contributed by atoms with Gasteiger partial charge < -0.3 is 5.32 Å². The van der Waals surface area contributed by atoms with Crippen molar-refractivity contribution in [3.8, 4) is 11.1 Å². The van der Waals surface area contributed by atoms with E-state index in [1.165, 1.54) is 5.56 Å². The fourth-order valence-corrected chi connectivity index (χ4v) is 3.16. The molecule has 0 saturated carbocycles. The molecule has 132 valence electrons. The normalized spacial score (nSPS) is 11.8. The van der Waals surface area contributed by atoms with Crippen molar-refractivity contribution < 1.29 is 4.79 Å². The molecule has 1 N–H and O–H groups in total. The predicted octanol–water partition coefficient (Wildman–Crippen LogP) is 5.50. The molecule has 0 radical (unpaired) electrons. The Morgan fingerprint density at radius 1 is 1.00 bits per heavy atom. The number of anilines is 1. The van der Waals surface area contributed by atoms with Gasteiger partial charge in [0, 0.05) is 17.6 Å². The van der Waals surface area contributed by atoms with Crippen LogP contribution in [0.15, 0.2) is 66.9 Å². The molecule has 1 amide bonds. The highest BCUT2D eigenvalue weighted by Crippen LogP contribution is 2.25. The maximum Gasteiger partial charge on any atom is 0.231 e. The molecule has 0 bridgehead atoms. The lowest BCUT2D eigenvalue weighted by Crippen LogP contribution is -2.20. The van der Waals surface area contributed by atoms with E-state index < -0.39 is 0 Å². The van der Waals surface area contributed by atoms with E-state index in [1.807, 2.05) is 75.5 Å². The average molecular weight is 344 g/mol. The fourth-order valence-electron chi connectivity index (χ4n) is 3.16. The molecule has 2 aromatic carbocycles. The summed E-state index contributed by atoms with van der Waals surface area (Å²) in [6.07, 6.45) is 2.58. The van der Waals surface area contributed by atoms with Crippen LogP contribution in [0.1, 0.15) is 36.1 Å². The molecule has 0 spiro atoms. The number of carbonyl (C=O) groups is 1. The zero-order chi connectivity index (χ0) is 18.5. The summed E-state index contributed by atoms with van der Waals surface area (Å²) in [6, 6.07) is 20.2.